The summed E-state index contributed by atoms with van der Waals surface area (Å²) in [6.45, 7) is 1.03. The van der Waals surface area contributed by atoms with E-state index in [1.807, 2.05) is 17.5 Å². The molecule has 3 rings (SSSR count). The van der Waals surface area contributed by atoms with E-state index in [2.05, 4.69) is 10.6 Å². The summed E-state index contributed by atoms with van der Waals surface area (Å²) >= 11 is 13.4. The van der Waals surface area contributed by atoms with Crippen LogP contribution in [0.3, 0.4) is 0 Å². The van der Waals surface area contributed by atoms with Gasteiger partial charge >= 0.3 is 6.03 Å². The van der Waals surface area contributed by atoms with Gasteiger partial charge in [-0.05, 0) is 48.6 Å². The lowest BCUT2D eigenvalue weighted by Crippen LogP contribution is -2.45. The fraction of sp³-hybridized carbons (Fsp3) is 0.294. The van der Waals surface area contributed by atoms with E-state index in [0.29, 0.717) is 28.8 Å². The molecule has 132 valence electrons. The highest BCUT2D eigenvalue weighted by Gasteiger charge is 2.28. The molecule has 0 spiro atoms. The summed E-state index contributed by atoms with van der Waals surface area (Å²) in [7, 11) is 0. The molecule has 1 aromatic carbocycles. The molecule has 0 aliphatic carbocycles. The van der Waals surface area contributed by atoms with Crippen LogP contribution >= 0.6 is 34.5 Å². The van der Waals surface area contributed by atoms with Crippen molar-refractivity contribution < 1.29 is 9.59 Å². The summed E-state index contributed by atoms with van der Waals surface area (Å²) in [6, 6.07) is 8.45. The standard InChI is InChI=1S/C17H17Cl2N3O2S/c18-12-7-13(19)9-14(8-12)20-16(23)11-3-1-5-22(10-11)17(24)21-15-4-2-6-25-15/h2,4,6-9,11H,1,3,5,10H2,(H,20,23)(H,21,24). The molecule has 5 nitrogen and oxygen atoms in total. The molecule has 2 N–H and O–H groups in total. The van der Waals surface area contributed by atoms with Crippen LogP contribution in [0.15, 0.2) is 35.7 Å². The normalized spacial score (nSPS) is 17.2. The van der Waals surface area contributed by atoms with E-state index in [1.165, 1.54) is 11.3 Å². The van der Waals surface area contributed by atoms with E-state index in [9.17, 15) is 9.59 Å². The third kappa shape index (κ3) is 4.87. The van der Waals surface area contributed by atoms with Crippen LogP contribution in [0, 0.1) is 5.92 Å². The van der Waals surface area contributed by atoms with Crippen molar-refractivity contribution in [3.8, 4) is 0 Å². The number of piperidine rings is 1. The Morgan fingerprint density at radius 2 is 1.92 bits per heavy atom. The molecule has 2 heterocycles. The fourth-order valence-electron chi connectivity index (χ4n) is 2.78. The summed E-state index contributed by atoms with van der Waals surface area (Å²) < 4.78 is 0. The summed E-state index contributed by atoms with van der Waals surface area (Å²) in [5, 5.41) is 9.31. The quantitative estimate of drug-likeness (QED) is 0.770. The van der Waals surface area contributed by atoms with Crippen LogP contribution in [-0.2, 0) is 4.79 Å². The van der Waals surface area contributed by atoms with E-state index in [0.717, 1.165) is 17.8 Å². The molecule has 0 bridgehead atoms. The number of urea groups is 1. The number of hydrogen-bond acceptors (Lipinski definition) is 3. The number of nitrogens with one attached hydrogen (secondary N) is 2. The molecule has 1 aromatic heterocycles. The Labute approximate surface area is 159 Å². The van der Waals surface area contributed by atoms with Crippen molar-refractivity contribution in [3.05, 3.63) is 45.8 Å². The monoisotopic (exact) mass is 397 g/mol. The molecule has 1 saturated heterocycles. The summed E-state index contributed by atoms with van der Waals surface area (Å²) in [6.07, 6.45) is 1.52. The fourth-order valence-corrected chi connectivity index (χ4v) is 3.91. The van der Waals surface area contributed by atoms with Gasteiger partial charge in [0.25, 0.3) is 0 Å². The third-order valence-corrected chi connectivity index (χ3v) is 5.18. The Kier molecular flexibility index (Phi) is 5.83. The van der Waals surface area contributed by atoms with Gasteiger partial charge in [-0.2, -0.15) is 0 Å². The average molecular weight is 398 g/mol. The van der Waals surface area contributed by atoms with Gasteiger partial charge in [0.05, 0.1) is 10.9 Å². The number of anilines is 2. The van der Waals surface area contributed by atoms with Crippen molar-refractivity contribution in [2.45, 2.75) is 12.8 Å². The van der Waals surface area contributed by atoms with E-state index < -0.39 is 0 Å². The van der Waals surface area contributed by atoms with Crippen LogP contribution in [0.2, 0.25) is 10.0 Å². The smallest absolute Gasteiger partial charge is 0.322 e. The van der Waals surface area contributed by atoms with Crippen molar-refractivity contribution in [1.29, 1.82) is 0 Å². The maximum Gasteiger partial charge on any atom is 0.322 e. The molecule has 1 aliphatic rings. The number of likely N-dealkylation sites (tertiary alicyclic amines) is 1. The van der Waals surface area contributed by atoms with E-state index in [-0.39, 0.29) is 17.9 Å². The molecular formula is C17H17Cl2N3O2S. The molecule has 0 saturated carbocycles. The zero-order valence-corrected chi connectivity index (χ0v) is 15.6. The molecular weight excluding hydrogens is 381 g/mol. The van der Waals surface area contributed by atoms with Crippen molar-refractivity contribution in [2.75, 3.05) is 23.7 Å². The second kappa shape index (κ2) is 8.08. The predicted molar refractivity (Wildman–Crippen MR) is 103 cm³/mol. The maximum atomic E-state index is 12.5. The topological polar surface area (TPSA) is 61.4 Å². The average Bonchev–Trinajstić information content (AvgIpc) is 3.07. The first-order valence-electron chi connectivity index (χ1n) is 7.87. The van der Waals surface area contributed by atoms with Crippen LogP contribution in [0.1, 0.15) is 12.8 Å². The number of carbonyl (C=O) groups is 2. The first-order valence-corrected chi connectivity index (χ1v) is 9.51. The number of halogens is 2. The highest BCUT2D eigenvalue weighted by atomic mass is 35.5. The minimum atomic E-state index is -0.263. The van der Waals surface area contributed by atoms with Gasteiger partial charge in [0.1, 0.15) is 0 Å². The molecule has 3 amide bonds. The zero-order valence-electron chi connectivity index (χ0n) is 13.3. The Balaban J connectivity index is 1.60. The number of nitrogens with zero attached hydrogens (tertiary/aromatic N) is 1. The Morgan fingerprint density at radius 3 is 2.60 bits per heavy atom. The molecule has 8 heteroatoms. The van der Waals surface area contributed by atoms with Gasteiger partial charge < -0.3 is 10.2 Å². The predicted octanol–water partition coefficient (Wildman–Crippen LogP) is 4.94. The largest absolute Gasteiger partial charge is 0.326 e. The molecule has 25 heavy (non-hydrogen) atoms. The van der Waals surface area contributed by atoms with E-state index in [4.69, 9.17) is 23.2 Å². The van der Waals surface area contributed by atoms with Crippen LogP contribution < -0.4 is 10.6 Å². The Morgan fingerprint density at radius 1 is 1.16 bits per heavy atom. The van der Waals surface area contributed by atoms with Crippen LogP contribution in [0.4, 0.5) is 15.5 Å². The molecule has 1 aliphatic heterocycles. The molecule has 1 unspecified atom stereocenters. The second-order valence-electron chi connectivity index (χ2n) is 5.84. The second-order valence-corrected chi connectivity index (χ2v) is 7.66. The third-order valence-electron chi connectivity index (χ3n) is 3.96. The Bertz CT molecular complexity index is 747. The van der Waals surface area contributed by atoms with Crippen molar-refractivity contribution in [2.24, 2.45) is 5.92 Å². The van der Waals surface area contributed by atoms with Gasteiger partial charge in [-0.3, -0.25) is 10.1 Å². The lowest BCUT2D eigenvalue weighted by molar-refractivity contribution is -0.121. The molecule has 0 radical (unpaired) electrons. The van der Waals surface area contributed by atoms with Gasteiger partial charge in [0.2, 0.25) is 5.91 Å². The summed E-state index contributed by atoms with van der Waals surface area (Å²) in [5.74, 6) is -0.396. The molecule has 1 fully saturated rings. The zero-order chi connectivity index (χ0) is 17.8. The number of hydrogen-bond donors (Lipinski definition) is 2. The van der Waals surface area contributed by atoms with Gasteiger partial charge in [0.15, 0.2) is 0 Å². The minimum Gasteiger partial charge on any atom is -0.326 e. The summed E-state index contributed by atoms with van der Waals surface area (Å²) in [5.41, 5.74) is 0.558. The van der Waals surface area contributed by atoms with E-state index >= 15 is 0 Å². The SMILES string of the molecule is O=C(Nc1cc(Cl)cc(Cl)c1)C1CCCN(C(=O)Nc2cccs2)C1. The lowest BCUT2D eigenvalue weighted by atomic mass is 9.97. The van der Waals surface area contributed by atoms with Gasteiger partial charge in [-0.1, -0.05) is 23.2 Å². The lowest BCUT2D eigenvalue weighted by Gasteiger charge is -2.31. The molecule has 2 aromatic rings. The van der Waals surface area contributed by atoms with Crippen molar-refractivity contribution >= 4 is 57.2 Å². The molecule has 1 atom stereocenters. The minimum absolute atomic E-state index is 0.132. The van der Waals surface area contributed by atoms with Gasteiger partial charge in [-0.15, -0.1) is 11.3 Å². The number of thiophene rings is 1. The maximum absolute atomic E-state index is 12.5. The number of carbonyl (C=O) groups excluding carboxylic acids is 2. The van der Waals surface area contributed by atoms with E-state index in [1.54, 1.807) is 23.1 Å². The van der Waals surface area contributed by atoms with Gasteiger partial charge in [-0.25, -0.2) is 4.79 Å². The van der Waals surface area contributed by atoms with Crippen molar-refractivity contribution in [3.63, 3.8) is 0 Å². The first kappa shape index (κ1) is 18.0. The number of amides is 3. The highest BCUT2D eigenvalue weighted by molar-refractivity contribution is 7.14. The first-order chi connectivity index (χ1) is 12.0. The van der Waals surface area contributed by atoms with Crippen molar-refractivity contribution in [1.82, 2.24) is 4.90 Å². The summed E-state index contributed by atoms with van der Waals surface area (Å²) in [4.78, 5) is 26.5. The van der Waals surface area contributed by atoms with Crippen LogP contribution in [-0.4, -0.2) is 29.9 Å². The number of rotatable bonds is 3. The highest BCUT2D eigenvalue weighted by Crippen LogP contribution is 2.25. The number of benzene rings is 1. The van der Waals surface area contributed by atoms with Crippen LogP contribution in [0.5, 0.6) is 0 Å². The Hall–Kier alpha value is -1.76. The van der Waals surface area contributed by atoms with Crippen LogP contribution in [0.25, 0.3) is 0 Å². The van der Waals surface area contributed by atoms with Gasteiger partial charge in [0, 0.05) is 28.8 Å².